The summed E-state index contributed by atoms with van der Waals surface area (Å²) in [5.41, 5.74) is 10.1. The molecule has 94 valence electrons. The number of pyridine rings is 1. The molecule has 3 aromatic rings. The molecule has 0 unspecified atom stereocenters. The molecular weight excluding hydrogens is 252 g/mol. The largest absolute Gasteiger partial charge is 0.399 e. The van der Waals surface area contributed by atoms with Crippen LogP contribution in [0.5, 0.6) is 0 Å². The lowest BCUT2D eigenvalue weighted by Gasteiger charge is -2.10. The maximum Gasteiger partial charge on any atom is 0.0709 e. The number of anilines is 1. The van der Waals surface area contributed by atoms with Crippen LogP contribution in [0.1, 0.15) is 0 Å². The van der Waals surface area contributed by atoms with E-state index in [2.05, 4.69) is 41.6 Å². The number of aromatic nitrogens is 1. The van der Waals surface area contributed by atoms with E-state index in [0.717, 1.165) is 16.6 Å². The minimum absolute atomic E-state index is 0.767. The fourth-order valence-corrected chi connectivity index (χ4v) is 2.88. The highest BCUT2D eigenvalue weighted by Gasteiger charge is 2.08. The van der Waals surface area contributed by atoms with Gasteiger partial charge in [0.2, 0.25) is 0 Å². The van der Waals surface area contributed by atoms with Crippen LogP contribution in [0.2, 0.25) is 0 Å². The Labute approximate surface area is 116 Å². The third-order valence-corrected chi connectivity index (χ3v) is 3.96. The molecule has 0 saturated heterocycles. The van der Waals surface area contributed by atoms with E-state index in [-0.39, 0.29) is 0 Å². The Morgan fingerprint density at radius 1 is 1.00 bits per heavy atom. The van der Waals surface area contributed by atoms with Crippen molar-refractivity contribution in [1.29, 1.82) is 0 Å². The van der Waals surface area contributed by atoms with E-state index in [4.69, 9.17) is 5.73 Å². The Morgan fingerprint density at radius 2 is 1.84 bits per heavy atom. The SMILES string of the molecule is CSc1ccccc1-c1ccnc2ccc(N)cc12. The molecule has 0 aliphatic carbocycles. The lowest BCUT2D eigenvalue weighted by atomic mass is 10.0. The van der Waals surface area contributed by atoms with Crippen molar-refractivity contribution in [1.82, 2.24) is 4.98 Å². The zero-order chi connectivity index (χ0) is 13.2. The summed E-state index contributed by atoms with van der Waals surface area (Å²) in [4.78, 5) is 5.66. The molecule has 1 aromatic heterocycles. The van der Waals surface area contributed by atoms with Gasteiger partial charge in [0.15, 0.2) is 0 Å². The molecule has 0 fully saturated rings. The maximum atomic E-state index is 5.91. The van der Waals surface area contributed by atoms with Crippen LogP contribution in [0, 0.1) is 0 Å². The first kappa shape index (κ1) is 12.1. The summed E-state index contributed by atoms with van der Waals surface area (Å²) in [5, 5.41) is 1.10. The number of nitrogens with two attached hydrogens (primary N) is 1. The summed E-state index contributed by atoms with van der Waals surface area (Å²) >= 11 is 1.75. The Bertz CT molecular complexity index is 738. The first-order valence-corrected chi connectivity index (χ1v) is 7.29. The van der Waals surface area contributed by atoms with Crippen molar-refractivity contribution in [2.45, 2.75) is 4.90 Å². The number of rotatable bonds is 2. The fraction of sp³-hybridized carbons (Fsp3) is 0.0625. The molecule has 19 heavy (non-hydrogen) atoms. The molecule has 3 rings (SSSR count). The predicted octanol–water partition coefficient (Wildman–Crippen LogP) is 4.21. The molecule has 0 bridgehead atoms. The van der Waals surface area contributed by atoms with Crippen molar-refractivity contribution < 1.29 is 0 Å². The van der Waals surface area contributed by atoms with Crippen LogP contribution in [0.3, 0.4) is 0 Å². The van der Waals surface area contributed by atoms with Crippen molar-refractivity contribution in [2.24, 2.45) is 0 Å². The van der Waals surface area contributed by atoms with E-state index in [0.29, 0.717) is 0 Å². The summed E-state index contributed by atoms with van der Waals surface area (Å²) in [6.07, 6.45) is 3.95. The molecule has 2 N–H and O–H groups in total. The monoisotopic (exact) mass is 266 g/mol. The molecule has 0 radical (unpaired) electrons. The van der Waals surface area contributed by atoms with Crippen LogP contribution >= 0.6 is 11.8 Å². The number of nitrogen functional groups attached to an aromatic ring is 1. The van der Waals surface area contributed by atoms with Gasteiger partial charge in [0, 0.05) is 22.2 Å². The second kappa shape index (κ2) is 4.94. The lowest BCUT2D eigenvalue weighted by Crippen LogP contribution is -1.89. The lowest BCUT2D eigenvalue weighted by molar-refractivity contribution is 1.39. The molecule has 2 nitrogen and oxygen atoms in total. The smallest absolute Gasteiger partial charge is 0.0709 e. The van der Waals surface area contributed by atoms with Crippen LogP contribution in [0.25, 0.3) is 22.0 Å². The number of hydrogen-bond donors (Lipinski definition) is 1. The Morgan fingerprint density at radius 3 is 2.68 bits per heavy atom. The number of fused-ring (bicyclic) bond motifs is 1. The van der Waals surface area contributed by atoms with Crippen LogP contribution in [-0.4, -0.2) is 11.2 Å². The topological polar surface area (TPSA) is 38.9 Å². The summed E-state index contributed by atoms with van der Waals surface area (Å²) in [6.45, 7) is 0. The quantitative estimate of drug-likeness (QED) is 0.558. The van der Waals surface area contributed by atoms with Crippen molar-refractivity contribution in [3.05, 3.63) is 54.7 Å². The second-order valence-corrected chi connectivity index (χ2v) is 5.18. The highest BCUT2D eigenvalue weighted by Crippen LogP contribution is 2.34. The normalized spacial score (nSPS) is 10.8. The molecule has 0 aliphatic rings. The van der Waals surface area contributed by atoms with Gasteiger partial charge in [0.1, 0.15) is 0 Å². The number of thioether (sulfide) groups is 1. The number of nitrogens with zero attached hydrogens (tertiary/aromatic N) is 1. The third kappa shape index (κ3) is 2.17. The van der Waals surface area contributed by atoms with E-state index in [1.165, 1.54) is 16.0 Å². The summed E-state index contributed by atoms with van der Waals surface area (Å²) in [6, 6.07) is 16.3. The van der Waals surface area contributed by atoms with Gasteiger partial charge in [-0.25, -0.2) is 0 Å². The van der Waals surface area contributed by atoms with Gasteiger partial charge in [0.25, 0.3) is 0 Å². The first-order valence-electron chi connectivity index (χ1n) is 6.07. The maximum absolute atomic E-state index is 5.91. The molecule has 1 heterocycles. The highest BCUT2D eigenvalue weighted by molar-refractivity contribution is 7.98. The van der Waals surface area contributed by atoms with Gasteiger partial charge in [-0.2, -0.15) is 0 Å². The Kier molecular flexibility index (Phi) is 3.13. The molecule has 0 amide bonds. The van der Waals surface area contributed by atoms with Crippen molar-refractivity contribution in [2.75, 3.05) is 12.0 Å². The minimum Gasteiger partial charge on any atom is -0.399 e. The van der Waals surface area contributed by atoms with Gasteiger partial charge >= 0.3 is 0 Å². The number of hydrogen-bond acceptors (Lipinski definition) is 3. The Balaban J connectivity index is 2.33. The van der Waals surface area contributed by atoms with Gasteiger partial charge < -0.3 is 5.73 Å². The predicted molar refractivity (Wildman–Crippen MR) is 83.4 cm³/mol. The first-order chi connectivity index (χ1) is 9.29. The van der Waals surface area contributed by atoms with Crippen LogP contribution in [0.4, 0.5) is 5.69 Å². The van der Waals surface area contributed by atoms with Gasteiger partial charge in [0.05, 0.1) is 5.52 Å². The molecule has 0 aliphatic heterocycles. The van der Waals surface area contributed by atoms with E-state index in [9.17, 15) is 0 Å². The second-order valence-electron chi connectivity index (χ2n) is 4.34. The number of benzene rings is 2. The third-order valence-electron chi connectivity index (χ3n) is 3.16. The van der Waals surface area contributed by atoms with Crippen molar-refractivity contribution in [3.8, 4) is 11.1 Å². The van der Waals surface area contributed by atoms with E-state index < -0.39 is 0 Å². The highest BCUT2D eigenvalue weighted by atomic mass is 32.2. The van der Waals surface area contributed by atoms with Crippen LogP contribution in [0.15, 0.2) is 59.6 Å². The van der Waals surface area contributed by atoms with Gasteiger partial charge in [-0.1, -0.05) is 18.2 Å². The van der Waals surface area contributed by atoms with E-state index in [1.807, 2.05) is 24.4 Å². The van der Waals surface area contributed by atoms with E-state index in [1.54, 1.807) is 11.8 Å². The average molecular weight is 266 g/mol. The molecule has 2 aromatic carbocycles. The zero-order valence-electron chi connectivity index (χ0n) is 10.6. The Hall–Kier alpha value is -2.00. The minimum atomic E-state index is 0.767. The zero-order valence-corrected chi connectivity index (χ0v) is 11.4. The molecule has 3 heteroatoms. The van der Waals surface area contributed by atoms with Crippen LogP contribution in [-0.2, 0) is 0 Å². The van der Waals surface area contributed by atoms with Gasteiger partial charge in [-0.3, -0.25) is 4.98 Å². The molecule has 0 atom stereocenters. The van der Waals surface area contributed by atoms with Crippen LogP contribution < -0.4 is 5.73 Å². The summed E-state index contributed by atoms with van der Waals surface area (Å²) < 4.78 is 0. The van der Waals surface area contributed by atoms with E-state index >= 15 is 0 Å². The standard InChI is InChI=1S/C16H14N2S/c1-19-16-5-3-2-4-13(16)12-8-9-18-15-7-6-11(17)10-14(12)15/h2-10H,17H2,1H3. The average Bonchev–Trinajstić information content (AvgIpc) is 2.46. The van der Waals surface area contributed by atoms with Gasteiger partial charge in [-0.15, -0.1) is 11.8 Å². The fourth-order valence-electron chi connectivity index (χ4n) is 2.27. The van der Waals surface area contributed by atoms with Gasteiger partial charge in [-0.05, 0) is 47.7 Å². The molecular formula is C16H14N2S. The van der Waals surface area contributed by atoms with Crippen molar-refractivity contribution >= 4 is 28.4 Å². The molecule has 0 spiro atoms. The van der Waals surface area contributed by atoms with Crippen molar-refractivity contribution in [3.63, 3.8) is 0 Å². The summed E-state index contributed by atoms with van der Waals surface area (Å²) in [5.74, 6) is 0. The summed E-state index contributed by atoms with van der Waals surface area (Å²) in [7, 11) is 0. The molecule has 0 saturated carbocycles.